The van der Waals surface area contributed by atoms with Crippen molar-refractivity contribution in [2.45, 2.75) is 6.92 Å². The molecule has 20 heavy (non-hydrogen) atoms. The number of fused-ring (bicyclic) bond motifs is 1. The number of nitrogens with one attached hydrogen (secondary N) is 1. The number of imidazole rings is 1. The quantitative estimate of drug-likeness (QED) is 0.721. The second-order valence-corrected chi connectivity index (χ2v) is 5.19. The fourth-order valence-electron chi connectivity index (χ4n) is 1.96. The Kier molecular flexibility index (Phi) is 3.31. The van der Waals surface area contributed by atoms with Crippen LogP contribution >= 0.6 is 15.9 Å². The number of pyridine rings is 1. The Balaban J connectivity index is 2.10. The molecule has 0 amide bonds. The summed E-state index contributed by atoms with van der Waals surface area (Å²) in [6.07, 6.45) is 0. The van der Waals surface area contributed by atoms with E-state index in [1.165, 1.54) is 0 Å². The lowest BCUT2D eigenvalue weighted by atomic mass is 10.2. The number of anilines is 1. The Morgan fingerprint density at radius 1 is 1.25 bits per heavy atom. The highest BCUT2D eigenvalue weighted by Gasteiger charge is 2.10. The number of benzene rings is 1. The number of halogens is 1. The van der Waals surface area contributed by atoms with E-state index in [2.05, 4.69) is 30.9 Å². The van der Waals surface area contributed by atoms with Crippen molar-refractivity contribution in [2.75, 3.05) is 12.3 Å². The van der Waals surface area contributed by atoms with Crippen molar-refractivity contribution in [2.24, 2.45) is 0 Å². The summed E-state index contributed by atoms with van der Waals surface area (Å²) in [4.78, 5) is 12.0. The van der Waals surface area contributed by atoms with Crippen LogP contribution in [0.15, 0.2) is 34.8 Å². The number of aromatic nitrogens is 3. The Morgan fingerprint density at radius 3 is 2.90 bits per heavy atom. The lowest BCUT2D eigenvalue weighted by Crippen LogP contribution is -1.93. The molecule has 0 aliphatic carbocycles. The summed E-state index contributed by atoms with van der Waals surface area (Å²) < 4.78 is 6.32. The van der Waals surface area contributed by atoms with E-state index in [0.717, 1.165) is 15.6 Å². The van der Waals surface area contributed by atoms with Crippen LogP contribution in [-0.4, -0.2) is 21.6 Å². The normalized spacial score (nSPS) is 10.9. The molecular formula is C14H13BrN4O. The minimum Gasteiger partial charge on any atom is -0.478 e. The van der Waals surface area contributed by atoms with Gasteiger partial charge >= 0.3 is 0 Å². The van der Waals surface area contributed by atoms with Crippen LogP contribution in [0.25, 0.3) is 22.6 Å². The number of hydrogen-bond donors (Lipinski definition) is 2. The lowest BCUT2D eigenvalue weighted by molar-refractivity contribution is 0.328. The molecule has 6 heteroatoms. The molecule has 0 radical (unpaired) electrons. The third-order valence-electron chi connectivity index (χ3n) is 2.88. The number of nitrogens with two attached hydrogens (primary N) is 1. The first-order chi connectivity index (χ1) is 9.67. The SMILES string of the molecule is CCOc1ccc2[nH]c(-c3cc(Br)ccc3N)nc2n1. The lowest BCUT2D eigenvalue weighted by Gasteiger charge is -2.02. The molecule has 0 aliphatic heterocycles. The summed E-state index contributed by atoms with van der Waals surface area (Å²) in [5.74, 6) is 1.26. The summed E-state index contributed by atoms with van der Waals surface area (Å²) in [7, 11) is 0. The molecule has 0 aliphatic rings. The minimum atomic E-state index is 0.570. The number of H-pyrrole nitrogens is 1. The zero-order chi connectivity index (χ0) is 14.1. The summed E-state index contributed by atoms with van der Waals surface area (Å²) >= 11 is 3.44. The molecule has 0 spiro atoms. The van der Waals surface area contributed by atoms with Crippen LogP contribution in [0, 0.1) is 0 Å². The van der Waals surface area contributed by atoms with Crippen molar-refractivity contribution < 1.29 is 4.74 Å². The molecule has 2 aromatic heterocycles. The number of ether oxygens (including phenoxy) is 1. The van der Waals surface area contributed by atoms with Crippen LogP contribution in [-0.2, 0) is 0 Å². The molecule has 3 N–H and O–H groups in total. The summed E-state index contributed by atoms with van der Waals surface area (Å²) in [5, 5.41) is 0. The molecule has 3 aromatic rings. The second kappa shape index (κ2) is 5.13. The molecular weight excluding hydrogens is 320 g/mol. The standard InChI is InChI=1S/C14H13BrN4O/c1-2-20-12-6-5-11-14(18-12)19-13(17-11)9-7-8(15)3-4-10(9)16/h3-7H,2,16H2,1H3,(H,17,18,19). The zero-order valence-electron chi connectivity index (χ0n) is 10.9. The predicted octanol–water partition coefficient (Wildman–Crippen LogP) is 3.37. The Hall–Kier alpha value is -2.08. The first-order valence-corrected chi connectivity index (χ1v) is 7.01. The fraction of sp³-hybridized carbons (Fsp3) is 0.143. The van der Waals surface area contributed by atoms with Gasteiger partial charge in [0.2, 0.25) is 5.88 Å². The molecule has 0 bridgehead atoms. The third kappa shape index (κ3) is 2.34. The van der Waals surface area contributed by atoms with E-state index in [9.17, 15) is 0 Å². The number of nitrogen functional groups attached to an aromatic ring is 1. The maximum atomic E-state index is 5.99. The number of nitrogens with zero attached hydrogens (tertiary/aromatic N) is 2. The van der Waals surface area contributed by atoms with Crippen LogP contribution in [0.4, 0.5) is 5.69 Å². The van der Waals surface area contributed by atoms with E-state index in [-0.39, 0.29) is 0 Å². The van der Waals surface area contributed by atoms with Gasteiger partial charge in [0, 0.05) is 21.8 Å². The van der Waals surface area contributed by atoms with Gasteiger partial charge in [-0.05, 0) is 31.2 Å². The molecule has 3 rings (SSSR count). The summed E-state index contributed by atoms with van der Waals surface area (Å²) in [6.45, 7) is 2.50. The summed E-state index contributed by atoms with van der Waals surface area (Å²) in [6, 6.07) is 9.38. The molecule has 0 saturated heterocycles. The molecule has 102 valence electrons. The van der Waals surface area contributed by atoms with E-state index < -0.39 is 0 Å². The number of hydrogen-bond acceptors (Lipinski definition) is 4. The predicted molar refractivity (Wildman–Crippen MR) is 82.6 cm³/mol. The maximum Gasteiger partial charge on any atom is 0.215 e. The van der Waals surface area contributed by atoms with Gasteiger partial charge in [0.1, 0.15) is 5.82 Å². The monoisotopic (exact) mass is 332 g/mol. The van der Waals surface area contributed by atoms with Crippen LogP contribution in [0.3, 0.4) is 0 Å². The van der Waals surface area contributed by atoms with Crippen molar-refractivity contribution in [3.8, 4) is 17.3 Å². The minimum absolute atomic E-state index is 0.570. The van der Waals surface area contributed by atoms with Gasteiger partial charge in [0.15, 0.2) is 5.65 Å². The van der Waals surface area contributed by atoms with Crippen LogP contribution in [0.2, 0.25) is 0 Å². The Morgan fingerprint density at radius 2 is 2.10 bits per heavy atom. The molecule has 0 unspecified atom stereocenters. The molecule has 0 fully saturated rings. The molecule has 2 heterocycles. The highest BCUT2D eigenvalue weighted by Crippen LogP contribution is 2.28. The van der Waals surface area contributed by atoms with E-state index in [4.69, 9.17) is 10.5 Å². The van der Waals surface area contributed by atoms with Gasteiger partial charge in [0.05, 0.1) is 12.1 Å². The maximum absolute atomic E-state index is 5.99. The van der Waals surface area contributed by atoms with Crippen molar-refractivity contribution in [3.63, 3.8) is 0 Å². The van der Waals surface area contributed by atoms with Gasteiger partial charge < -0.3 is 15.5 Å². The van der Waals surface area contributed by atoms with Crippen molar-refractivity contribution in [1.82, 2.24) is 15.0 Å². The molecule has 0 saturated carbocycles. The van der Waals surface area contributed by atoms with Crippen molar-refractivity contribution >= 4 is 32.8 Å². The topological polar surface area (TPSA) is 76.8 Å². The number of rotatable bonds is 3. The van der Waals surface area contributed by atoms with Gasteiger partial charge in [-0.25, -0.2) is 4.98 Å². The van der Waals surface area contributed by atoms with Gasteiger partial charge in [-0.2, -0.15) is 4.98 Å². The average Bonchev–Trinajstić information content (AvgIpc) is 2.85. The summed E-state index contributed by atoms with van der Waals surface area (Å²) in [5.41, 5.74) is 8.97. The fourth-order valence-corrected chi connectivity index (χ4v) is 2.33. The van der Waals surface area contributed by atoms with Crippen molar-refractivity contribution in [3.05, 3.63) is 34.8 Å². The van der Waals surface area contributed by atoms with Gasteiger partial charge in [-0.3, -0.25) is 0 Å². The third-order valence-corrected chi connectivity index (χ3v) is 3.38. The van der Waals surface area contributed by atoms with E-state index >= 15 is 0 Å². The van der Waals surface area contributed by atoms with Crippen molar-refractivity contribution in [1.29, 1.82) is 0 Å². The molecule has 1 aromatic carbocycles. The van der Waals surface area contributed by atoms with Gasteiger partial charge in [-0.1, -0.05) is 15.9 Å². The second-order valence-electron chi connectivity index (χ2n) is 4.27. The number of aromatic amines is 1. The highest BCUT2D eigenvalue weighted by atomic mass is 79.9. The van der Waals surface area contributed by atoms with E-state index in [1.807, 2.05) is 37.3 Å². The molecule has 0 atom stereocenters. The smallest absolute Gasteiger partial charge is 0.215 e. The largest absolute Gasteiger partial charge is 0.478 e. The highest BCUT2D eigenvalue weighted by molar-refractivity contribution is 9.10. The first kappa shape index (κ1) is 12.9. The van der Waals surface area contributed by atoms with Crippen LogP contribution < -0.4 is 10.5 Å². The van der Waals surface area contributed by atoms with Gasteiger partial charge in [0.25, 0.3) is 0 Å². The van der Waals surface area contributed by atoms with Crippen LogP contribution in [0.1, 0.15) is 6.92 Å². The molecule has 5 nitrogen and oxygen atoms in total. The van der Waals surface area contributed by atoms with E-state index in [0.29, 0.717) is 29.6 Å². The average molecular weight is 333 g/mol. The Labute approximate surface area is 124 Å². The van der Waals surface area contributed by atoms with Gasteiger partial charge in [-0.15, -0.1) is 0 Å². The van der Waals surface area contributed by atoms with Crippen LogP contribution in [0.5, 0.6) is 5.88 Å². The first-order valence-electron chi connectivity index (χ1n) is 6.22. The Bertz CT molecular complexity index is 769. The van der Waals surface area contributed by atoms with E-state index in [1.54, 1.807) is 0 Å². The zero-order valence-corrected chi connectivity index (χ0v) is 12.4.